The number of carbonyl (C=O) groups is 3. The Kier molecular flexibility index (Phi) is 7.10. The largest absolute Gasteiger partial charge is 0.387 e. The van der Waals surface area contributed by atoms with Gasteiger partial charge in [-0.2, -0.15) is 0 Å². The number of barbiturate groups is 1. The Labute approximate surface area is 204 Å². The third-order valence-corrected chi connectivity index (χ3v) is 6.56. The molecular weight excluding hydrogens is 444 g/mol. The van der Waals surface area contributed by atoms with Crippen LogP contribution in [0.1, 0.15) is 42.2 Å². The summed E-state index contributed by atoms with van der Waals surface area (Å²) in [5.41, 5.74) is -0.101. The Morgan fingerprint density at radius 1 is 0.657 bits per heavy atom. The maximum absolute atomic E-state index is 13.9. The molecule has 0 radical (unpaired) electrons. The van der Waals surface area contributed by atoms with Crippen LogP contribution in [-0.2, 0) is 15.0 Å². The van der Waals surface area contributed by atoms with Crippen molar-refractivity contribution < 1.29 is 24.6 Å². The average molecular weight is 473 g/mol. The van der Waals surface area contributed by atoms with E-state index in [9.17, 15) is 24.6 Å². The number of hydrogen-bond donors (Lipinski definition) is 2. The summed E-state index contributed by atoms with van der Waals surface area (Å²) in [5.74, 6) is -1.36. The van der Waals surface area contributed by atoms with Gasteiger partial charge >= 0.3 is 6.03 Å². The van der Waals surface area contributed by atoms with E-state index in [1.807, 2.05) is 0 Å². The zero-order valence-electron chi connectivity index (χ0n) is 19.4. The van der Waals surface area contributed by atoms with Crippen molar-refractivity contribution in [3.05, 3.63) is 108 Å². The van der Waals surface area contributed by atoms with Gasteiger partial charge in [0.15, 0.2) is 5.41 Å². The van der Waals surface area contributed by atoms with E-state index in [0.29, 0.717) is 16.7 Å². The number of imide groups is 2. The van der Waals surface area contributed by atoms with Gasteiger partial charge in [0.2, 0.25) is 0 Å². The number of nitrogens with zero attached hydrogens (tertiary/aromatic N) is 2. The molecule has 0 spiro atoms. The predicted molar refractivity (Wildman–Crippen MR) is 130 cm³/mol. The molecule has 4 rings (SSSR count). The molecule has 0 saturated carbocycles. The maximum Gasteiger partial charge on any atom is 0.333 e. The Bertz CT molecular complexity index is 1110. The molecule has 0 aromatic heterocycles. The summed E-state index contributed by atoms with van der Waals surface area (Å²) >= 11 is 0. The summed E-state index contributed by atoms with van der Waals surface area (Å²) in [6, 6.07) is 25.2. The standard InChI is InChI=1S/C28H28N2O5/c1-2-28(22-16-10-5-11-17-22)25(33)29(18-23(31)20-12-6-3-7-13-20)27(35)30(26(28)34)19-24(32)21-14-8-4-9-15-21/h3-17,23-24,31-32H,2,18-19H2,1H3. The summed E-state index contributed by atoms with van der Waals surface area (Å²) in [6.45, 7) is 1.08. The fourth-order valence-electron chi connectivity index (χ4n) is 4.58. The molecule has 35 heavy (non-hydrogen) atoms. The van der Waals surface area contributed by atoms with Crippen LogP contribution < -0.4 is 0 Å². The summed E-state index contributed by atoms with van der Waals surface area (Å²) in [7, 11) is 0. The Morgan fingerprint density at radius 3 is 1.40 bits per heavy atom. The van der Waals surface area contributed by atoms with Crippen LogP contribution in [0.4, 0.5) is 4.79 Å². The quantitative estimate of drug-likeness (QED) is 0.488. The number of amides is 4. The zero-order chi connectivity index (χ0) is 25.0. The minimum absolute atomic E-state index is 0.109. The summed E-state index contributed by atoms with van der Waals surface area (Å²) < 4.78 is 0. The van der Waals surface area contributed by atoms with Crippen LogP contribution in [0.25, 0.3) is 0 Å². The van der Waals surface area contributed by atoms with E-state index in [1.165, 1.54) is 0 Å². The van der Waals surface area contributed by atoms with E-state index < -0.39 is 35.5 Å². The highest BCUT2D eigenvalue weighted by molar-refractivity contribution is 6.22. The van der Waals surface area contributed by atoms with Crippen LogP contribution in [0.15, 0.2) is 91.0 Å². The number of carbonyl (C=O) groups excluding carboxylic acids is 3. The Morgan fingerprint density at radius 2 is 1.03 bits per heavy atom. The lowest BCUT2D eigenvalue weighted by atomic mass is 9.74. The number of hydrogen-bond acceptors (Lipinski definition) is 5. The van der Waals surface area contributed by atoms with Gasteiger partial charge in [0.05, 0.1) is 25.3 Å². The van der Waals surface area contributed by atoms with Crippen molar-refractivity contribution in [3.63, 3.8) is 0 Å². The molecule has 1 aliphatic heterocycles. The number of rotatable bonds is 8. The number of benzene rings is 3. The van der Waals surface area contributed by atoms with Crippen molar-refractivity contribution in [3.8, 4) is 0 Å². The van der Waals surface area contributed by atoms with Crippen molar-refractivity contribution in [2.75, 3.05) is 13.1 Å². The van der Waals surface area contributed by atoms with E-state index in [4.69, 9.17) is 0 Å². The molecule has 4 amide bonds. The van der Waals surface area contributed by atoms with Crippen LogP contribution in [-0.4, -0.2) is 50.9 Å². The molecule has 3 aromatic carbocycles. The molecule has 7 heteroatoms. The fraction of sp³-hybridized carbons (Fsp3) is 0.250. The highest BCUT2D eigenvalue weighted by Gasteiger charge is 2.57. The molecule has 2 unspecified atom stereocenters. The molecule has 7 nitrogen and oxygen atoms in total. The third-order valence-electron chi connectivity index (χ3n) is 6.56. The van der Waals surface area contributed by atoms with E-state index in [2.05, 4.69) is 0 Å². The highest BCUT2D eigenvalue weighted by Crippen LogP contribution is 2.38. The van der Waals surface area contributed by atoms with Gasteiger partial charge in [0.25, 0.3) is 11.8 Å². The minimum atomic E-state index is -1.65. The molecule has 0 aliphatic carbocycles. The molecule has 3 aromatic rings. The average Bonchev–Trinajstić information content (AvgIpc) is 2.91. The van der Waals surface area contributed by atoms with Gasteiger partial charge in [-0.3, -0.25) is 19.4 Å². The normalized spacial score (nSPS) is 20.1. The zero-order valence-corrected chi connectivity index (χ0v) is 19.4. The van der Waals surface area contributed by atoms with Gasteiger partial charge in [0.1, 0.15) is 0 Å². The van der Waals surface area contributed by atoms with Gasteiger partial charge in [0, 0.05) is 0 Å². The van der Waals surface area contributed by atoms with Gasteiger partial charge in [-0.05, 0) is 23.1 Å². The van der Waals surface area contributed by atoms with E-state index in [1.54, 1.807) is 97.9 Å². The lowest BCUT2D eigenvalue weighted by Gasteiger charge is -2.45. The first-order chi connectivity index (χ1) is 16.9. The van der Waals surface area contributed by atoms with Crippen molar-refractivity contribution in [2.45, 2.75) is 31.0 Å². The predicted octanol–water partition coefficient (Wildman–Crippen LogP) is 3.59. The second kappa shape index (κ2) is 10.2. The highest BCUT2D eigenvalue weighted by atomic mass is 16.3. The first-order valence-electron chi connectivity index (χ1n) is 11.6. The second-order valence-electron chi connectivity index (χ2n) is 8.59. The first kappa shape index (κ1) is 24.3. The number of aliphatic hydroxyl groups excluding tert-OH is 2. The van der Waals surface area contributed by atoms with Crippen molar-refractivity contribution >= 4 is 17.8 Å². The van der Waals surface area contributed by atoms with Crippen molar-refractivity contribution in [1.29, 1.82) is 0 Å². The molecule has 1 aliphatic rings. The Balaban J connectivity index is 1.75. The molecule has 1 saturated heterocycles. The van der Waals surface area contributed by atoms with Gasteiger partial charge in [-0.25, -0.2) is 4.79 Å². The minimum Gasteiger partial charge on any atom is -0.387 e. The van der Waals surface area contributed by atoms with E-state index >= 15 is 0 Å². The molecule has 2 N–H and O–H groups in total. The summed E-state index contributed by atoms with van der Waals surface area (Å²) in [6.07, 6.45) is -2.16. The first-order valence-corrected chi connectivity index (χ1v) is 11.6. The van der Waals surface area contributed by atoms with Crippen LogP contribution >= 0.6 is 0 Å². The second-order valence-corrected chi connectivity index (χ2v) is 8.59. The lowest BCUT2D eigenvalue weighted by Crippen LogP contribution is -2.67. The molecular formula is C28H28N2O5. The molecule has 0 bridgehead atoms. The van der Waals surface area contributed by atoms with Crippen LogP contribution in [0, 0.1) is 0 Å². The molecule has 2 atom stereocenters. The van der Waals surface area contributed by atoms with E-state index in [0.717, 1.165) is 9.80 Å². The maximum atomic E-state index is 13.9. The fourth-order valence-corrected chi connectivity index (χ4v) is 4.58. The van der Waals surface area contributed by atoms with Crippen molar-refractivity contribution in [2.24, 2.45) is 0 Å². The lowest BCUT2D eigenvalue weighted by molar-refractivity contribution is -0.154. The van der Waals surface area contributed by atoms with Crippen molar-refractivity contribution in [1.82, 2.24) is 9.80 Å². The Hall–Kier alpha value is -3.81. The van der Waals surface area contributed by atoms with Crippen LogP contribution in [0.2, 0.25) is 0 Å². The number of aliphatic hydroxyl groups is 2. The van der Waals surface area contributed by atoms with Crippen LogP contribution in [0.5, 0.6) is 0 Å². The van der Waals surface area contributed by atoms with E-state index in [-0.39, 0.29) is 19.5 Å². The monoisotopic (exact) mass is 472 g/mol. The van der Waals surface area contributed by atoms with Gasteiger partial charge in [-0.15, -0.1) is 0 Å². The van der Waals surface area contributed by atoms with Gasteiger partial charge in [-0.1, -0.05) is 97.9 Å². The molecule has 180 valence electrons. The smallest absolute Gasteiger partial charge is 0.333 e. The summed E-state index contributed by atoms with van der Waals surface area (Å²) in [4.78, 5) is 43.1. The van der Waals surface area contributed by atoms with Gasteiger partial charge < -0.3 is 10.2 Å². The SMILES string of the molecule is CCC1(c2ccccc2)C(=O)N(CC(O)c2ccccc2)C(=O)N(CC(O)c2ccccc2)C1=O. The third kappa shape index (κ3) is 4.48. The molecule has 1 fully saturated rings. The number of β-amino-alcohol motifs (C(OH)–C–C–N with tert-alkyl or cyclic N) is 2. The summed E-state index contributed by atoms with van der Waals surface area (Å²) in [5, 5.41) is 21.7. The van der Waals surface area contributed by atoms with Crippen LogP contribution in [0.3, 0.4) is 0 Å². The topological polar surface area (TPSA) is 98.2 Å². The number of urea groups is 1. The molecule has 1 heterocycles.